The molecule has 1 aromatic carbocycles. The van der Waals surface area contributed by atoms with Crippen molar-refractivity contribution in [2.45, 2.75) is 51.2 Å². The number of likely N-dealkylation sites (tertiary alicyclic amines) is 1. The van der Waals surface area contributed by atoms with E-state index in [9.17, 15) is 9.90 Å². The number of anilines is 2. The number of aliphatic hydroxyl groups is 1. The van der Waals surface area contributed by atoms with Crippen LogP contribution in [-0.2, 0) is 4.79 Å². The van der Waals surface area contributed by atoms with Crippen LogP contribution in [0.4, 0.5) is 11.4 Å². The lowest BCUT2D eigenvalue weighted by Gasteiger charge is -2.33. The summed E-state index contributed by atoms with van der Waals surface area (Å²) in [4.78, 5) is 17.0. The lowest BCUT2D eigenvalue weighted by atomic mass is 10.1. The number of nitrogens with one attached hydrogen (secondary N) is 1. The van der Waals surface area contributed by atoms with E-state index >= 15 is 0 Å². The molecule has 0 spiro atoms. The average Bonchev–Trinajstić information content (AvgIpc) is 2.63. The zero-order valence-electron chi connectivity index (χ0n) is 14.6. The predicted molar refractivity (Wildman–Crippen MR) is 97.4 cm³/mol. The molecule has 5 heteroatoms. The van der Waals surface area contributed by atoms with Crippen LogP contribution in [-0.4, -0.2) is 54.2 Å². The Morgan fingerprint density at radius 3 is 2.33 bits per heavy atom. The number of hydrogen-bond acceptors (Lipinski definition) is 4. The van der Waals surface area contributed by atoms with E-state index in [1.807, 2.05) is 19.1 Å². The third-order valence-electron chi connectivity index (χ3n) is 5.28. The third kappa shape index (κ3) is 4.28. The van der Waals surface area contributed by atoms with Gasteiger partial charge in [0.15, 0.2) is 0 Å². The number of amides is 1. The van der Waals surface area contributed by atoms with Gasteiger partial charge in [0, 0.05) is 37.6 Å². The molecule has 1 aromatic rings. The van der Waals surface area contributed by atoms with E-state index in [0.29, 0.717) is 0 Å². The molecule has 2 fully saturated rings. The molecular formula is C19H29N3O2. The Kier molecular flexibility index (Phi) is 5.74. The minimum absolute atomic E-state index is 0.0251. The molecule has 132 valence electrons. The van der Waals surface area contributed by atoms with Gasteiger partial charge in [0.25, 0.3) is 0 Å². The van der Waals surface area contributed by atoms with Crippen molar-refractivity contribution in [3.63, 3.8) is 0 Å². The van der Waals surface area contributed by atoms with Gasteiger partial charge in [0.05, 0.1) is 12.1 Å². The second-order valence-corrected chi connectivity index (χ2v) is 7.03. The molecule has 1 atom stereocenters. The van der Waals surface area contributed by atoms with Gasteiger partial charge in [-0.2, -0.15) is 0 Å². The van der Waals surface area contributed by atoms with Crippen molar-refractivity contribution in [2.75, 3.05) is 36.4 Å². The average molecular weight is 331 g/mol. The molecule has 2 aliphatic rings. The second kappa shape index (κ2) is 7.99. The Bertz CT molecular complexity index is 532. The van der Waals surface area contributed by atoms with Gasteiger partial charge < -0.3 is 15.3 Å². The molecule has 2 heterocycles. The van der Waals surface area contributed by atoms with Crippen molar-refractivity contribution >= 4 is 17.3 Å². The maximum Gasteiger partial charge on any atom is 0.241 e. The topological polar surface area (TPSA) is 55.8 Å². The van der Waals surface area contributed by atoms with Gasteiger partial charge in [-0.05, 0) is 63.3 Å². The summed E-state index contributed by atoms with van der Waals surface area (Å²) in [6, 6.07) is 8.02. The summed E-state index contributed by atoms with van der Waals surface area (Å²) >= 11 is 0. The van der Waals surface area contributed by atoms with Crippen molar-refractivity contribution in [1.29, 1.82) is 0 Å². The summed E-state index contributed by atoms with van der Waals surface area (Å²) in [6.07, 6.45) is 5.15. The fourth-order valence-electron chi connectivity index (χ4n) is 3.59. The normalized spacial score (nSPS) is 21.5. The highest BCUT2D eigenvalue weighted by Gasteiger charge is 2.25. The van der Waals surface area contributed by atoms with Crippen molar-refractivity contribution in [3.05, 3.63) is 24.3 Å². The van der Waals surface area contributed by atoms with Gasteiger partial charge in [-0.1, -0.05) is 0 Å². The first-order chi connectivity index (χ1) is 11.6. The Labute approximate surface area is 144 Å². The lowest BCUT2D eigenvalue weighted by Crippen LogP contribution is -2.47. The summed E-state index contributed by atoms with van der Waals surface area (Å²) in [7, 11) is 0. The van der Waals surface area contributed by atoms with Gasteiger partial charge in [-0.15, -0.1) is 0 Å². The minimum Gasteiger partial charge on any atom is -0.393 e. The van der Waals surface area contributed by atoms with Crippen LogP contribution < -0.4 is 10.2 Å². The first-order valence-electron chi connectivity index (χ1n) is 9.21. The van der Waals surface area contributed by atoms with Crippen LogP contribution in [0.5, 0.6) is 0 Å². The van der Waals surface area contributed by atoms with Crippen LogP contribution in [0, 0.1) is 0 Å². The molecular weight excluding hydrogens is 302 g/mol. The first-order valence-corrected chi connectivity index (χ1v) is 9.21. The number of aliphatic hydroxyl groups excluding tert-OH is 1. The van der Waals surface area contributed by atoms with E-state index in [-0.39, 0.29) is 18.1 Å². The molecule has 0 bridgehead atoms. The van der Waals surface area contributed by atoms with E-state index in [1.165, 1.54) is 24.9 Å². The molecule has 2 N–H and O–H groups in total. The van der Waals surface area contributed by atoms with Crippen LogP contribution in [0.15, 0.2) is 24.3 Å². The number of benzene rings is 1. The Hall–Kier alpha value is -1.59. The standard InChI is InChI=1S/C19H29N3O2/c1-15(21-13-9-18(23)10-14-21)19(24)20-16-5-7-17(8-6-16)22-11-3-2-4-12-22/h5-8,15,18,23H,2-4,9-14H2,1H3,(H,20,24). The third-order valence-corrected chi connectivity index (χ3v) is 5.28. The highest BCUT2D eigenvalue weighted by atomic mass is 16.3. The Morgan fingerprint density at radius 2 is 1.71 bits per heavy atom. The molecule has 5 nitrogen and oxygen atoms in total. The van der Waals surface area contributed by atoms with Crippen LogP contribution in [0.3, 0.4) is 0 Å². The van der Waals surface area contributed by atoms with Crippen molar-refractivity contribution in [1.82, 2.24) is 4.90 Å². The van der Waals surface area contributed by atoms with Gasteiger partial charge in [-0.3, -0.25) is 9.69 Å². The van der Waals surface area contributed by atoms with Crippen LogP contribution in [0.1, 0.15) is 39.0 Å². The number of carbonyl (C=O) groups excluding carboxylic acids is 1. The maximum atomic E-state index is 12.5. The molecule has 1 amide bonds. The highest BCUT2D eigenvalue weighted by Crippen LogP contribution is 2.22. The molecule has 2 saturated heterocycles. The van der Waals surface area contributed by atoms with E-state index in [1.54, 1.807) is 0 Å². The second-order valence-electron chi connectivity index (χ2n) is 7.03. The van der Waals surface area contributed by atoms with E-state index in [4.69, 9.17) is 0 Å². The number of carbonyl (C=O) groups is 1. The summed E-state index contributed by atoms with van der Waals surface area (Å²) in [5.74, 6) is 0.0251. The Balaban J connectivity index is 1.54. The summed E-state index contributed by atoms with van der Waals surface area (Å²) in [5, 5.41) is 12.6. The van der Waals surface area contributed by atoms with Crippen molar-refractivity contribution in [3.8, 4) is 0 Å². The number of piperidine rings is 2. The van der Waals surface area contributed by atoms with Crippen LogP contribution in [0.25, 0.3) is 0 Å². The molecule has 24 heavy (non-hydrogen) atoms. The predicted octanol–water partition coefficient (Wildman–Crippen LogP) is 2.46. The van der Waals surface area contributed by atoms with Gasteiger partial charge in [0.2, 0.25) is 5.91 Å². The summed E-state index contributed by atoms with van der Waals surface area (Å²) < 4.78 is 0. The number of nitrogens with zero attached hydrogens (tertiary/aromatic N) is 2. The largest absolute Gasteiger partial charge is 0.393 e. The molecule has 3 rings (SSSR count). The highest BCUT2D eigenvalue weighted by molar-refractivity contribution is 5.94. The zero-order valence-corrected chi connectivity index (χ0v) is 14.6. The SMILES string of the molecule is CC(C(=O)Nc1ccc(N2CCCCC2)cc1)N1CCC(O)CC1. The van der Waals surface area contributed by atoms with E-state index in [0.717, 1.165) is 44.7 Å². The number of hydrogen-bond donors (Lipinski definition) is 2. The zero-order chi connectivity index (χ0) is 16.9. The fourth-order valence-corrected chi connectivity index (χ4v) is 3.59. The smallest absolute Gasteiger partial charge is 0.241 e. The summed E-state index contributed by atoms with van der Waals surface area (Å²) in [5.41, 5.74) is 2.09. The van der Waals surface area contributed by atoms with Gasteiger partial charge >= 0.3 is 0 Å². The Morgan fingerprint density at radius 1 is 1.08 bits per heavy atom. The van der Waals surface area contributed by atoms with Crippen LogP contribution in [0.2, 0.25) is 0 Å². The molecule has 0 aliphatic carbocycles. The fraction of sp³-hybridized carbons (Fsp3) is 0.632. The van der Waals surface area contributed by atoms with Crippen LogP contribution >= 0.6 is 0 Å². The van der Waals surface area contributed by atoms with Gasteiger partial charge in [0.1, 0.15) is 0 Å². The van der Waals surface area contributed by atoms with Crippen molar-refractivity contribution in [2.24, 2.45) is 0 Å². The van der Waals surface area contributed by atoms with E-state index in [2.05, 4.69) is 27.2 Å². The quantitative estimate of drug-likeness (QED) is 0.890. The summed E-state index contributed by atoms with van der Waals surface area (Å²) in [6.45, 7) is 5.76. The molecule has 0 saturated carbocycles. The van der Waals surface area contributed by atoms with E-state index < -0.39 is 0 Å². The lowest BCUT2D eigenvalue weighted by molar-refractivity contribution is -0.121. The monoisotopic (exact) mass is 331 g/mol. The maximum absolute atomic E-state index is 12.5. The molecule has 0 aromatic heterocycles. The molecule has 1 unspecified atom stereocenters. The van der Waals surface area contributed by atoms with Gasteiger partial charge in [-0.25, -0.2) is 0 Å². The minimum atomic E-state index is -0.209. The molecule has 0 radical (unpaired) electrons. The van der Waals surface area contributed by atoms with Crippen molar-refractivity contribution < 1.29 is 9.90 Å². The first kappa shape index (κ1) is 17.2. The molecule has 2 aliphatic heterocycles. The number of rotatable bonds is 4.